The van der Waals surface area contributed by atoms with Crippen LogP contribution in [0, 0.1) is 0 Å². The summed E-state index contributed by atoms with van der Waals surface area (Å²) in [5.74, 6) is 0.964. The number of rotatable bonds is 5. The van der Waals surface area contributed by atoms with Crippen LogP contribution in [-0.2, 0) is 0 Å². The van der Waals surface area contributed by atoms with Crippen LogP contribution < -0.4 is 9.47 Å². The zero-order valence-corrected chi connectivity index (χ0v) is 11.2. The van der Waals surface area contributed by atoms with E-state index in [1.54, 1.807) is 30.3 Å². The van der Waals surface area contributed by atoms with Gasteiger partial charge < -0.3 is 9.47 Å². The normalized spacial score (nSPS) is 10.0. The molecule has 0 aliphatic heterocycles. The third-order valence-electron chi connectivity index (χ3n) is 2.58. The van der Waals surface area contributed by atoms with Crippen molar-refractivity contribution < 1.29 is 14.3 Å². The maximum atomic E-state index is 12.1. The monoisotopic (exact) mass is 276 g/mol. The first-order valence-corrected chi connectivity index (χ1v) is 6.13. The second-order valence-corrected chi connectivity index (χ2v) is 4.31. The maximum absolute atomic E-state index is 12.1. The van der Waals surface area contributed by atoms with Crippen LogP contribution in [0.15, 0.2) is 48.5 Å². The molecule has 2 rings (SSSR count). The van der Waals surface area contributed by atoms with Crippen LogP contribution in [0.4, 0.5) is 0 Å². The Kier molecular flexibility index (Phi) is 4.42. The molecule has 4 heteroatoms. The Balaban J connectivity index is 2.10. The fourth-order valence-corrected chi connectivity index (χ4v) is 1.81. The van der Waals surface area contributed by atoms with Gasteiger partial charge in [0.05, 0.1) is 12.7 Å². The first kappa shape index (κ1) is 13.4. The highest BCUT2D eigenvalue weighted by Crippen LogP contribution is 2.23. The summed E-state index contributed by atoms with van der Waals surface area (Å²) < 4.78 is 10.6. The SMILES string of the molecule is COc1ccc(Cl)cc1C(=O)COc1ccccc1. The molecule has 0 aliphatic carbocycles. The van der Waals surface area contributed by atoms with Gasteiger partial charge in [0.2, 0.25) is 5.78 Å². The van der Waals surface area contributed by atoms with Crippen molar-refractivity contribution in [1.29, 1.82) is 0 Å². The Morgan fingerprint density at radius 2 is 1.89 bits per heavy atom. The smallest absolute Gasteiger partial charge is 0.203 e. The van der Waals surface area contributed by atoms with Crippen molar-refractivity contribution in [3.63, 3.8) is 0 Å². The Hall–Kier alpha value is -2.00. The van der Waals surface area contributed by atoms with Crippen LogP contribution in [0.3, 0.4) is 0 Å². The van der Waals surface area contributed by atoms with Crippen LogP contribution in [0.2, 0.25) is 5.02 Å². The molecule has 3 nitrogen and oxygen atoms in total. The fourth-order valence-electron chi connectivity index (χ4n) is 1.64. The predicted molar refractivity (Wildman–Crippen MR) is 74.3 cm³/mol. The summed E-state index contributed by atoms with van der Waals surface area (Å²) in [4.78, 5) is 12.1. The third-order valence-corrected chi connectivity index (χ3v) is 2.81. The molecular formula is C15H13ClO3. The largest absolute Gasteiger partial charge is 0.496 e. The van der Waals surface area contributed by atoms with Crippen molar-refractivity contribution in [1.82, 2.24) is 0 Å². The molecule has 2 aromatic carbocycles. The van der Waals surface area contributed by atoms with Crippen molar-refractivity contribution in [2.24, 2.45) is 0 Å². The van der Waals surface area contributed by atoms with E-state index in [4.69, 9.17) is 21.1 Å². The number of ether oxygens (including phenoxy) is 2. The standard InChI is InChI=1S/C15H13ClO3/c1-18-15-8-7-11(16)9-13(15)14(17)10-19-12-5-3-2-4-6-12/h2-9H,10H2,1H3. The average Bonchev–Trinajstić information content (AvgIpc) is 2.46. The van der Waals surface area contributed by atoms with Gasteiger partial charge in [-0.1, -0.05) is 29.8 Å². The molecule has 98 valence electrons. The molecule has 0 aromatic heterocycles. The lowest BCUT2D eigenvalue weighted by molar-refractivity contribution is 0.0918. The Labute approximate surface area is 116 Å². The van der Waals surface area contributed by atoms with Crippen molar-refractivity contribution >= 4 is 17.4 Å². The first-order valence-electron chi connectivity index (χ1n) is 5.75. The summed E-state index contributed by atoms with van der Waals surface area (Å²) in [7, 11) is 1.51. The van der Waals surface area contributed by atoms with E-state index in [0.717, 1.165) is 0 Å². The summed E-state index contributed by atoms with van der Waals surface area (Å²) >= 11 is 5.89. The van der Waals surface area contributed by atoms with E-state index in [1.807, 2.05) is 18.2 Å². The minimum Gasteiger partial charge on any atom is -0.496 e. The number of methoxy groups -OCH3 is 1. The van der Waals surface area contributed by atoms with E-state index in [0.29, 0.717) is 22.1 Å². The predicted octanol–water partition coefficient (Wildman–Crippen LogP) is 3.61. The van der Waals surface area contributed by atoms with Crippen molar-refractivity contribution in [3.05, 3.63) is 59.1 Å². The minimum absolute atomic E-state index is 0.0548. The lowest BCUT2D eigenvalue weighted by Crippen LogP contribution is -2.12. The summed E-state index contributed by atoms with van der Waals surface area (Å²) in [6.45, 7) is -0.0548. The van der Waals surface area contributed by atoms with E-state index in [-0.39, 0.29) is 12.4 Å². The molecular weight excluding hydrogens is 264 g/mol. The molecule has 0 N–H and O–H groups in total. The zero-order valence-electron chi connectivity index (χ0n) is 10.4. The van der Waals surface area contributed by atoms with Crippen LogP contribution in [0.25, 0.3) is 0 Å². The third kappa shape index (κ3) is 3.48. The van der Waals surface area contributed by atoms with Gasteiger partial charge in [0.25, 0.3) is 0 Å². The van der Waals surface area contributed by atoms with Gasteiger partial charge >= 0.3 is 0 Å². The van der Waals surface area contributed by atoms with Gasteiger partial charge in [-0.2, -0.15) is 0 Å². The average molecular weight is 277 g/mol. The summed E-state index contributed by atoms with van der Waals surface area (Å²) in [5, 5.41) is 0.490. The van der Waals surface area contributed by atoms with Gasteiger partial charge in [-0.05, 0) is 30.3 Å². The quantitative estimate of drug-likeness (QED) is 0.783. The Bertz CT molecular complexity index is 567. The number of halogens is 1. The molecule has 0 amide bonds. The number of carbonyl (C=O) groups is 1. The number of Topliss-reactive ketones (excluding diaryl/α,β-unsaturated/α-hetero) is 1. The second-order valence-electron chi connectivity index (χ2n) is 3.87. The minimum atomic E-state index is -0.178. The molecule has 0 saturated carbocycles. The highest BCUT2D eigenvalue weighted by molar-refractivity contribution is 6.31. The molecule has 0 spiro atoms. The molecule has 0 aliphatic rings. The molecule has 0 unspecified atom stereocenters. The number of hydrogen-bond donors (Lipinski definition) is 0. The lowest BCUT2D eigenvalue weighted by Gasteiger charge is -2.09. The van der Waals surface area contributed by atoms with Gasteiger partial charge in [-0.25, -0.2) is 0 Å². The topological polar surface area (TPSA) is 35.5 Å². The number of para-hydroxylation sites is 1. The van der Waals surface area contributed by atoms with Crippen LogP contribution in [0.5, 0.6) is 11.5 Å². The highest BCUT2D eigenvalue weighted by atomic mass is 35.5. The van der Waals surface area contributed by atoms with Gasteiger partial charge in [0, 0.05) is 5.02 Å². The molecule has 0 bridgehead atoms. The molecule has 0 radical (unpaired) electrons. The van der Waals surface area contributed by atoms with Gasteiger partial charge in [-0.15, -0.1) is 0 Å². The lowest BCUT2D eigenvalue weighted by atomic mass is 10.1. The molecule has 2 aromatic rings. The number of hydrogen-bond acceptors (Lipinski definition) is 3. The van der Waals surface area contributed by atoms with E-state index >= 15 is 0 Å². The molecule has 0 fully saturated rings. The summed E-state index contributed by atoms with van der Waals surface area (Å²) in [6.07, 6.45) is 0. The maximum Gasteiger partial charge on any atom is 0.203 e. The van der Waals surface area contributed by atoms with Crippen molar-refractivity contribution in [3.8, 4) is 11.5 Å². The Morgan fingerprint density at radius 1 is 1.16 bits per heavy atom. The summed E-state index contributed by atoms with van der Waals surface area (Å²) in [5.41, 5.74) is 0.422. The number of carbonyl (C=O) groups excluding carboxylic acids is 1. The zero-order chi connectivity index (χ0) is 13.7. The Morgan fingerprint density at radius 3 is 2.58 bits per heavy atom. The molecule has 0 atom stereocenters. The summed E-state index contributed by atoms with van der Waals surface area (Å²) in [6, 6.07) is 14.1. The second kappa shape index (κ2) is 6.25. The van der Waals surface area contributed by atoms with Gasteiger partial charge in [-0.3, -0.25) is 4.79 Å². The van der Waals surface area contributed by atoms with Crippen molar-refractivity contribution in [2.75, 3.05) is 13.7 Å². The van der Waals surface area contributed by atoms with E-state index < -0.39 is 0 Å². The van der Waals surface area contributed by atoms with Crippen LogP contribution in [0.1, 0.15) is 10.4 Å². The number of benzene rings is 2. The van der Waals surface area contributed by atoms with Crippen LogP contribution in [-0.4, -0.2) is 19.5 Å². The van der Waals surface area contributed by atoms with Crippen LogP contribution >= 0.6 is 11.6 Å². The van der Waals surface area contributed by atoms with Crippen molar-refractivity contribution in [2.45, 2.75) is 0 Å². The fraction of sp³-hybridized carbons (Fsp3) is 0.133. The van der Waals surface area contributed by atoms with E-state index in [1.165, 1.54) is 7.11 Å². The molecule has 19 heavy (non-hydrogen) atoms. The molecule has 0 heterocycles. The first-order chi connectivity index (χ1) is 9.20. The number of ketones is 1. The van der Waals surface area contributed by atoms with E-state index in [2.05, 4.69) is 0 Å². The van der Waals surface area contributed by atoms with Gasteiger partial charge in [0.1, 0.15) is 11.5 Å². The van der Waals surface area contributed by atoms with Gasteiger partial charge in [0.15, 0.2) is 6.61 Å². The van der Waals surface area contributed by atoms with E-state index in [9.17, 15) is 4.79 Å². The molecule has 0 saturated heterocycles. The highest BCUT2D eigenvalue weighted by Gasteiger charge is 2.13.